The molecule has 3 aromatic rings. The molecule has 4 rings (SSSR count). The molecule has 0 aliphatic carbocycles. The summed E-state index contributed by atoms with van der Waals surface area (Å²) in [5.74, 6) is 0.976. The Balaban J connectivity index is 1.76. The van der Waals surface area contributed by atoms with Crippen molar-refractivity contribution in [1.82, 2.24) is 20.4 Å². The lowest BCUT2D eigenvalue weighted by atomic mass is 9.94. The van der Waals surface area contributed by atoms with E-state index >= 15 is 0 Å². The molecule has 160 valence electrons. The molecule has 1 aliphatic heterocycles. The molecule has 0 radical (unpaired) electrons. The van der Waals surface area contributed by atoms with Crippen LogP contribution in [0.5, 0.6) is 0 Å². The maximum atomic E-state index is 12.9. The number of amides is 2. The molecule has 0 bridgehead atoms. The highest BCUT2D eigenvalue weighted by molar-refractivity contribution is 5.86. The van der Waals surface area contributed by atoms with Gasteiger partial charge in [-0.3, -0.25) is 4.90 Å². The molecule has 6 nitrogen and oxygen atoms in total. The van der Waals surface area contributed by atoms with Gasteiger partial charge in [-0.25, -0.2) is 4.79 Å². The van der Waals surface area contributed by atoms with Crippen LogP contribution >= 0.6 is 0 Å². The first-order chi connectivity index (χ1) is 15.1. The van der Waals surface area contributed by atoms with Gasteiger partial charge in [0.25, 0.3) is 5.89 Å². The molecular weight excluding hydrogens is 388 g/mol. The number of unbranched alkanes of at least 4 members (excludes halogenated alkanes) is 2. The van der Waals surface area contributed by atoms with Crippen LogP contribution in [0.1, 0.15) is 56.2 Å². The Hall–Kier alpha value is -3.41. The number of rotatable bonds is 7. The first-order valence-corrected chi connectivity index (χ1v) is 10.8. The van der Waals surface area contributed by atoms with E-state index in [0.717, 1.165) is 47.2 Å². The zero-order valence-electron chi connectivity index (χ0n) is 18.3. The fraction of sp³-hybridized carbons (Fsp3) is 0.320. The van der Waals surface area contributed by atoms with Gasteiger partial charge in [0.1, 0.15) is 0 Å². The highest BCUT2D eigenvalue weighted by atomic mass is 16.5. The lowest BCUT2D eigenvalue weighted by Crippen LogP contribution is -2.46. The number of aryl methyl sites for hydroxylation is 1. The normalized spacial score (nSPS) is 16.5. The quantitative estimate of drug-likeness (QED) is 0.499. The standard InChI is InChI=1S/C25H28N4O2/c1-4-5-9-15-29-18(3)21(22(26-25(29)30)19-12-7-6-8-13-19)24-27-23(28-31-24)20-14-10-11-17(2)16-20/h6-8,10-14,16,22H,4-5,9,15H2,1-3H3,(H,26,30). The first-order valence-electron chi connectivity index (χ1n) is 10.8. The third-order valence-corrected chi connectivity index (χ3v) is 5.65. The maximum Gasteiger partial charge on any atom is 0.322 e. The zero-order valence-corrected chi connectivity index (χ0v) is 18.3. The summed E-state index contributed by atoms with van der Waals surface area (Å²) in [6, 6.07) is 17.5. The molecule has 1 aliphatic rings. The molecule has 1 aromatic heterocycles. The molecule has 1 N–H and O–H groups in total. The zero-order chi connectivity index (χ0) is 21.8. The van der Waals surface area contributed by atoms with E-state index in [2.05, 4.69) is 17.4 Å². The van der Waals surface area contributed by atoms with E-state index < -0.39 is 0 Å². The van der Waals surface area contributed by atoms with Crippen LogP contribution in [0.15, 0.2) is 64.8 Å². The lowest BCUT2D eigenvalue weighted by molar-refractivity contribution is 0.204. The molecule has 2 heterocycles. The summed E-state index contributed by atoms with van der Waals surface area (Å²) >= 11 is 0. The van der Waals surface area contributed by atoms with Gasteiger partial charge in [-0.1, -0.05) is 79.0 Å². The number of hydrogen-bond donors (Lipinski definition) is 1. The summed E-state index contributed by atoms with van der Waals surface area (Å²) in [5.41, 5.74) is 4.72. The Morgan fingerprint density at radius 3 is 2.61 bits per heavy atom. The van der Waals surface area contributed by atoms with E-state index in [9.17, 15) is 4.79 Å². The number of carbonyl (C=O) groups excluding carboxylic acids is 1. The number of benzene rings is 2. The van der Waals surface area contributed by atoms with Crippen molar-refractivity contribution in [2.75, 3.05) is 6.54 Å². The largest absolute Gasteiger partial charge is 0.334 e. The van der Waals surface area contributed by atoms with Crippen LogP contribution < -0.4 is 5.32 Å². The number of nitrogens with zero attached hydrogens (tertiary/aromatic N) is 3. The number of carbonyl (C=O) groups is 1. The minimum atomic E-state index is -0.345. The molecule has 0 fully saturated rings. The molecule has 1 unspecified atom stereocenters. The van der Waals surface area contributed by atoms with Gasteiger partial charge in [0.2, 0.25) is 5.82 Å². The Kier molecular flexibility index (Phi) is 6.16. The monoisotopic (exact) mass is 416 g/mol. The average Bonchev–Trinajstić information content (AvgIpc) is 3.26. The van der Waals surface area contributed by atoms with E-state index in [0.29, 0.717) is 18.3 Å². The molecule has 31 heavy (non-hydrogen) atoms. The number of urea groups is 1. The molecule has 0 saturated carbocycles. The molecule has 0 spiro atoms. The summed E-state index contributed by atoms with van der Waals surface area (Å²) in [5, 5.41) is 7.38. The topological polar surface area (TPSA) is 71.3 Å². The van der Waals surface area contributed by atoms with Crippen LogP contribution in [0.25, 0.3) is 17.0 Å². The fourth-order valence-electron chi connectivity index (χ4n) is 3.98. The predicted molar refractivity (Wildman–Crippen MR) is 121 cm³/mol. The number of allylic oxidation sites excluding steroid dienone is 1. The van der Waals surface area contributed by atoms with Gasteiger partial charge >= 0.3 is 6.03 Å². The fourth-order valence-corrected chi connectivity index (χ4v) is 3.98. The SMILES string of the molecule is CCCCCN1C(=O)NC(c2ccccc2)C(c2nc(-c3cccc(C)c3)no2)=C1C. The van der Waals surface area contributed by atoms with Crippen LogP contribution in [-0.2, 0) is 0 Å². The second kappa shape index (κ2) is 9.16. The van der Waals surface area contributed by atoms with Crippen LogP contribution in [0.2, 0.25) is 0 Å². The Bertz CT molecular complexity index is 1090. The van der Waals surface area contributed by atoms with Crippen LogP contribution in [0, 0.1) is 6.92 Å². The smallest absolute Gasteiger partial charge is 0.322 e. The summed E-state index contributed by atoms with van der Waals surface area (Å²) in [4.78, 5) is 19.4. The van der Waals surface area contributed by atoms with Crippen LogP contribution in [-0.4, -0.2) is 27.6 Å². The first kappa shape index (κ1) is 20.8. The summed E-state index contributed by atoms with van der Waals surface area (Å²) in [6.07, 6.45) is 3.12. The van der Waals surface area contributed by atoms with Crippen molar-refractivity contribution in [2.45, 2.75) is 46.1 Å². The molecule has 2 amide bonds. The minimum absolute atomic E-state index is 0.0929. The van der Waals surface area contributed by atoms with Gasteiger partial charge in [-0.05, 0) is 31.9 Å². The Morgan fingerprint density at radius 2 is 1.87 bits per heavy atom. The van der Waals surface area contributed by atoms with E-state index in [4.69, 9.17) is 9.51 Å². The van der Waals surface area contributed by atoms with Crippen molar-refractivity contribution in [2.24, 2.45) is 0 Å². The van der Waals surface area contributed by atoms with E-state index in [-0.39, 0.29) is 12.1 Å². The van der Waals surface area contributed by atoms with Crippen LogP contribution in [0.3, 0.4) is 0 Å². The Labute approximate surface area is 183 Å². The average molecular weight is 417 g/mol. The molecule has 6 heteroatoms. The summed E-state index contributed by atoms with van der Waals surface area (Å²) in [6.45, 7) is 6.82. The van der Waals surface area contributed by atoms with Crippen molar-refractivity contribution < 1.29 is 9.32 Å². The second-order valence-electron chi connectivity index (χ2n) is 7.94. The van der Waals surface area contributed by atoms with Crippen molar-refractivity contribution in [3.63, 3.8) is 0 Å². The molecule has 1 atom stereocenters. The number of aromatic nitrogens is 2. The van der Waals surface area contributed by atoms with Gasteiger partial charge in [-0.15, -0.1) is 0 Å². The van der Waals surface area contributed by atoms with Crippen molar-refractivity contribution in [3.05, 3.63) is 77.3 Å². The summed E-state index contributed by atoms with van der Waals surface area (Å²) < 4.78 is 5.73. The number of nitrogens with one attached hydrogen (secondary N) is 1. The van der Waals surface area contributed by atoms with Gasteiger partial charge in [0, 0.05) is 17.8 Å². The maximum absolute atomic E-state index is 12.9. The second-order valence-corrected chi connectivity index (χ2v) is 7.94. The third kappa shape index (κ3) is 4.38. The van der Waals surface area contributed by atoms with E-state index in [1.807, 2.05) is 68.4 Å². The molecule has 2 aromatic carbocycles. The highest BCUT2D eigenvalue weighted by Gasteiger charge is 2.35. The molecular formula is C25H28N4O2. The van der Waals surface area contributed by atoms with Crippen molar-refractivity contribution in [3.8, 4) is 11.4 Å². The third-order valence-electron chi connectivity index (χ3n) is 5.65. The van der Waals surface area contributed by atoms with Crippen LogP contribution in [0.4, 0.5) is 4.79 Å². The lowest BCUT2D eigenvalue weighted by Gasteiger charge is -2.35. The van der Waals surface area contributed by atoms with E-state index in [1.165, 1.54) is 0 Å². The summed E-state index contributed by atoms with van der Waals surface area (Å²) in [7, 11) is 0. The van der Waals surface area contributed by atoms with Gasteiger partial charge in [0.05, 0.1) is 11.6 Å². The van der Waals surface area contributed by atoms with E-state index in [1.54, 1.807) is 4.90 Å². The number of hydrogen-bond acceptors (Lipinski definition) is 4. The van der Waals surface area contributed by atoms with Gasteiger partial charge in [0.15, 0.2) is 0 Å². The minimum Gasteiger partial charge on any atom is -0.334 e. The predicted octanol–water partition coefficient (Wildman–Crippen LogP) is 5.73. The Morgan fingerprint density at radius 1 is 1.06 bits per heavy atom. The highest BCUT2D eigenvalue weighted by Crippen LogP contribution is 2.37. The molecule has 0 saturated heterocycles. The van der Waals surface area contributed by atoms with Gasteiger partial charge < -0.3 is 9.84 Å². The van der Waals surface area contributed by atoms with Gasteiger partial charge in [-0.2, -0.15) is 4.98 Å². The van der Waals surface area contributed by atoms with Crippen molar-refractivity contribution in [1.29, 1.82) is 0 Å². The van der Waals surface area contributed by atoms with Crippen molar-refractivity contribution >= 4 is 11.6 Å².